The van der Waals surface area contributed by atoms with Crippen molar-refractivity contribution in [2.75, 3.05) is 6.54 Å². The summed E-state index contributed by atoms with van der Waals surface area (Å²) in [6, 6.07) is 9.63. The van der Waals surface area contributed by atoms with Gasteiger partial charge in [0.1, 0.15) is 6.54 Å². The second-order valence-electron chi connectivity index (χ2n) is 9.58. The fourth-order valence-electron chi connectivity index (χ4n) is 5.81. The van der Waals surface area contributed by atoms with Crippen molar-refractivity contribution in [2.24, 2.45) is 23.7 Å². The van der Waals surface area contributed by atoms with Gasteiger partial charge in [0, 0.05) is 10.6 Å². The van der Waals surface area contributed by atoms with Crippen LogP contribution in [0.15, 0.2) is 36.4 Å². The summed E-state index contributed by atoms with van der Waals surface area (Å²) >= 11 is 12.3. The van der Waals surface area contributed by atoms with Crippen molar-refractivity contribution in [3.05, 3.63) is 68.7 Å². The van der Waals surface area contributed by atoms with Crippen LogP contribution in [-0.2, 0) is 9.59 Å². The first kappa shape index (κ1) is 23.1. The number of fused-ring (bicyclic) bond motifs is 5. The van der Waals surface area contributed by atoms with Crippen molar-refractivity contribution in [2.45, 2.75) is 33.1 Å². The monoisotopic (exact) mass is 498 g/mol. The highest BCUT2D eigenvalue weighted by Gasteiger charge is 2.62. The highest BCUT2D eigenvalue weighted by molar-refractivity contribution is 6.36. The average molecular weight is 499 g/mol. The molecule has 1 aliphatic heterocycles. The zero-order chi connectivity index (χ0) is 24.3. The summed E-state index contributed by atoms with van der Waals surface area (Å²) in [5.41, 5.74) is 2.44. The predicted octanol–water partition coefficient (Wildman–Crippen LogP) is 4.88. The maximum atomic E-state index is 13.6. The largest absolute Gasteiger partial charge is 0.292 e. The Labute approximate surface area is 207 Å². The van der Waals surface area contributed by atoms with Crippen LogP contribution in [0.25, 0.3) is 0 Å². The number of benzene rings is 2. The van der Waals surface area contributed by atoms with E-state index < -0.39 is 36.1 Å². The molecule has 4 atom stereocenters. The van der Waals surface area contributed by atoms with Gasteiger partial charge < -0.3 is 0 Å². The van der Waals surface area contributed by atoms with Crippen LogP contribution in [0.3, 0.4) is 0 Å². The van der Waals surface area contributed by atoms with Crippen molar-refractivity contribution in [3.8, 4) is 0 Å². The molecule has 0 radical (unpaired) electrons. The zero-order valence-electron chi connectivity index (χ0n) is 18.9. The van der Waals surface area contributed by atoms with Crippen LogP contribution in [-0.4, -0.2) is 40.1 Å². The van der Waals surface area contributed by atoms with Crippen LogP contribution in [0.5, 0.6) is 0 Å². The van der Waals surface area contributed by atoms with Crippen LogP contribution in [0.1, 0.15) is 51.1 Å². The Morgan fingerprint density at radius 2 is 1.59 bits per heavy atom. The summed E-state index contributed by atoms with van der Waals surface area (Å²) in [6.07, 6.45) is 2.70. The highest BCUT2D eigenvalue weighted by atomic mass is 35.5. The Bertz CT molecular complexity index is 1220. The highest BCUT2D eigenvalue weighted by Crippen LogP contribution is 2.56. The van der Waals surface area contributed by atoms with Gasteiger partial charge in [0.15, 0.2) is 5.78 Å². The van der Waals surface area contributed by atoms with Crippen molar-refractivity contribution < 1.29 is 19.2 Å². The van der Waals surface area contributed by atoms with E-state index in [2.05, 4.69) is 0 Å². The molecule has 34 heavy (non-hydrogen) atoms. The molecule has 2 aromatic carbocycles. The number of halogens is 2. The molecule has 2 aromatic rings. The first-order valence-electron chi connectivity index (χ1n) is 11.4. The molecule has 3 amide bonds. The predicted molar refractivity (Wildman–Crippen MR) is 127 cm³/mol. The molecule has 0 spiro atoms. The molecule has 176 valence electrons. The van der Waals surface area contributed by atoms with Gasteiger partial charge in [0.25, 0.3) is 17.7 Å². The second-order valence-corrected chi connectivity index (χ2v) is 10.4. The quantitative estimate of drug-likeness (QED) is 0.434. The topological polar surface area (TPSA) is 74.8 Å². The number of hydrogen-bond acceptors (Lipinski definition) is 4. The standard InChI is InChI=1S/C26H24Cl2N2O4/c1-13-3-4-15(9-14(13)2)21(31)12-29(24(32)19-8-7-18(27)11-20(19)28)30-25(33)22-16-5-6-17(10-16)23(22)26(30)34/h3-4,7-9,11,16-17,22-23H,5-6,10,12H2,1-2H3/t16-,17-,22+,23+/m0/s1. The van der Waals surface area contributed by atoms with Gasteiger partial charge in [-0.15, -0.1) is 0 Å². The number of rotatable bonds is 5. The Hall–Kier alpha value is -2.70. The first-order valence-corrected chi connectivity index (χ1v) is 12.2. The number of hydrazine groups is 1. The van der Waals surface area contributed by atoms with E-state index in [-0.39, 0.29) is 28.2 Å². The average Bonchev–Trinajstić information content (AvgIpc) is 3.47. The molecule has 6 nitrogen and oxygen atoms in total. The summed E-state index contributed by atoms with van der Waals surface area (Å²) in [5, 5.41) is 2.33. The van der Waals surface area contributed by atoms with Crippen LogP contribution in [0.4, 0.5) is 0 Å². The van der Waals surface area contributed by atoms with Crippen LogP contribution in [0.2, 0.25) is 10.0 Å². The number of aryl methyl sites for hydroxylation is 2. The molecule has 5 rings (SSSR count). The molecule has 1 saturated heterocycles. The van der Waals surface area contributed by atoms with E-state index in [0.29, 0.717) is 10.6 Å². The molecule has 2 bridgehead atoms. The Morgan fingerprint density at radius 1 is 0.941 bits per heavy atom. The van der Waals surface area contributed by atoms with Crippen LogP contribution in [0, 0.1) is 37.5 Å². The third-order valence-electron chi connectivity index (χ3n) is 7.66. The molecule has 3 aliphatic rings. The van der Waals surface area contributed by atoms with Crippen molar-refractivity contribution in [1.82, 2.24) is 10.0 Å². The van der Waals surface area contributed by atoms with E-state index >= 15 is 0 Å². The number of carbonyl (C=O) groups excluding carboxylic acids is 4. The molecule has 0 N–H and O–H groups in total. The van der Waals surface area contributed by atoms with E-state index in [1.807, 2.05) is 19.9 Å². The molecule has 0 aromatic heterocycles. The van der Waals surface area contributed by atoms with Gasteiger partial charge in [-0.1, -0.05) is 35.3 Å². The molecule has 8 heteroatoms. The lowest BCUT2D eigenvalue weighted by Crippen LogP contribution is -2.52. The van der Waals surface area contributed by atoms with E-state index in [0.717, 1.165) is 40.4 Å². The number of amides is 3. The second kappa shape index (κ2) is 8.51. The fraction of sp³-hybridized carbons (Fsp3) is 0.385. The normalized spacial score (nSPS) is 25.1. The van der Waals surface area contributed by atoms with E-state index in [1.165, 1.54) is 18.2 Å². The molecular formula is C26H24Cl2N2O4. The molecule has 2 aliphatic carbocycles. The number of carbonyl (C=O) groups is 4. The van der Waals surface area contributed by atoms with E-state index in [4.69, 9.17) is 23.2 Å². The lowest BCUT2D eigenvalue weighted by molar-refractivity contribution is -0.154. The third kappa shape index (κ3) is 3.64. The third-order valence-corrected chi connectivity index (χ3v) is 8.21. The van der Waals surface area contributed by atoms with E-state index in [9.17, 15) is 19.2 Å². The Balaban J connectivity index is 1.52. The number of nitrogens with zero attached hydrogens (tertiary/aromatic N) is 2. The first-order chi connectivity index (χ1) is 16.2. The number of imide groups is 1. The SMILES string of the molecule is Cc1ccc(C(=O)CN(C(=O)c2ccc(Cl)cc2Cl)N2C(=O)[C@@H]3[C@H]4CC[C@@H](C4)[C@H]3C2=O)cc1C. The lowest BCUT2D eigenvalue weighted by Gasteiger charge is -2.31. The van der Waals surface area contributed by atoms with Crippen LogP contribution < -0.4 is 0 Å². The minimum Gasteiger partial charge on any atom is -0.292 e. The minimum absolute atomic E-state index is 0.0691. The summed E-state index contributed by atoms with van der Waals surface area (Å²) in [5.74, 6) is -2.37. The van der Waals surface area contributed by atoms with Gasteiger partial charge in [-0.2, -0.15) is 5.01 Å². The number of hydrogen-bond donors (Lipinski definition) is 0. The summed E-state index contributed by atoms with van der Waals surface area (Å²) in [4.78, 5) is 53.8. The Kier molecular flexibility index (Phi) is 5.77. The summed E-state index contributed by atoms with van der Waals surface area (Å²) in [7, 11) is 0. The fourth-order valence-corrected chi connectivity index (χ4v) is 6.30. The summed E-state index contributed by atoms with van der Waals surface area (Å²) in [6.45, 7) is 3.39. The number of Topliss-reactive ketones (excluding diaryl/α,β-unsaturated/α-hetero) is 1. The molecule has 0 unspecified atom stereocenters. The van der Waals surface area contributed by atoms with Crippen molar-refractivity contribution >= 4 is 46.7 Å². The van der Waals surface area contributed by atoms with Gasteiger partial charge in [-0.3, -0.25) is 19.2 Å². The molecule has 3 fully saturated rings. The maximum absolute atomic E-state index is 13.6. The van der Waals surface area contributed by atoms with Crippen molar-refractivity contribution in [1.29, 1.82) is 0 Å². The Morgan fingerprint density at radius 3 is 2.18 bits per heavy atom. The van der Waals surface area contributed by atoms with Gasteiger partial charge >= 0.3 is 0 Å². The number of ketones is 1. The van der Waals surface area contributed by atoms with Crippen molar-refractivity contribution in [3.63, 3.8) is 0 Å². The molecule has 1 heterocycles. The minimum atomic E-state index is -0.687. The lowest BCUT2D eigenvalue weighted by atomic mass is 9.81. The van der Waals surface area contributed by atoms with Gasteiger partial charge in [0.05, 0.1) is 22.4 Å². The zero-order valence-corrected chi connectivity index (χ0v) is 20.4. The van der Waals surface area contributed by atoms with Gasteiger partial charge in [-0.25, -0.2) is 5.01 Å². The maximum Gasteiger partial charge on any atom is 0.274 e. The molecule has 2 saturated carbocycles. The van der Waals surface area contributed by atoms with Gasteiger partial charge in [-0.05, 0) is 80.3 Å². The smallest absolute Gasteiger partial charge is 0.274 e. The van der Waals surface area contributed by atoms with Gasteiger partial charge in [0.2, 0.25) is 0 Å². The summed E-state index contributed by atoms with van der Waals surface area (Å²) < 4.78 is 0. The van der Waals surface area contributed by atoms with Crippen LogP contribution >= 0.6 is 23.2 Å². The van der Waals surface area contributed by atoms with E-state index in [1.54, 1.807) is 12.1 Å². The molecular weight excluding hydrogens is 475 g/mol.